The van der Waals surface area contributed by atoms with E-state index < -0.39 is 8.80 Å². The molecule has 1 unspecified atom stereocenters. The minimum atomic E-state index is -2.51. The smallest absolute Gasteiger partial charge is 0.493 e. The van der Waals surface area contributed by atoms with E-state index in [1.807, 2.05) is 0 Å². The molecule has 5 heteroatoms. The van der Waals surface area contributed by atoms with Gasteiger partial charge in [-0.1, -0.05) is 51.7 Å². The van der Waals surface area contributed by atoms with Crippen LogP contribution in [0.4, 0.5) is 0 Å². The maximum absolute atomic E-state index is 6.27. The zero-order chi connectivity index (χ0) is 20.4. The number of benzene rings is 1. The summed E-state index contributed by atoms with van der Waals surface area (Å²) in [6.45, 7) is 5.27. The average molecular weight is 409 g/mol. The van der Waals surface area contributed by atoms with Crippen LogP contribution in [0, 0.1) is 0 Å². The van der Waals surface area contributed by atoms with Crippen LogP contribution in [0.25, 0.3) is 0 Å². The molecule has 2 rings (SSSR count). The van der Waals surface area contributed by atoms with Crippen LogP contribution in [-0.4, -0.2) is 36.7 Å². The van der Waals surface area contributed by atoms with E-state index in [0.717, 1.165) is 18.2 Å². The lowest BCUT2D eigenvalue weighted by Gasteiger charge is -2.26. The number of hydrogen-bond acceptors (Lipinski definition) is 4. The van der Waals surface area contributed by atoms with Gasteiger partial charge < -0.3 is 18.0 Å². The molecule has 0 aromatic heterocycles. The lowest BCUT2D eigenvalue weighted by molar-refractivity contribution is 0.121. The van der Waals surface area contributed by atoms with E-state index in [1.165, 1.54) is 56.1 Å². The van der Waals surface area contributed by atoms with Gasteiger partial charge >= 0.3 is 8.80 Å². The van der Waals surface area contributed by atoms with Gasteiger partial charge in [0.1, 0.15) is 5.75 Å². The quantitative estimate of drug-likeness (QED) is 0.301. The van der Waals surface area contributed by atoms with Gasteiger partial charge in [0.05, 0.1) is 6.61 Å². The van der Waals surface area contributed by atoms with Crippen molar-refractivity contribution in [2.75, 3.05) is 27.9 Å². The minimum absolute atomic E-state index is 0.609. The Morgan fingerprint density at radius 1 is 1.04 bits per heavy atom. The molecule has 1 atom stereocenters. The fourth-order valence-corrected chi connectivity index (χ4v) is 6.05. The van der Waals surface area contributed by atoms with Gasteiger partial charge in [-0.3, -0.25) is 0 Å². The lowest BCUT2D eigenvalue weighted by atomic mass is 9.82. The van der Waals surface area contributed by atoms with Gasteiger partial charge in [0, 0.05) is 27.4 Å². The molecule has 0 aliphatic heterocycles. The summed E-state index contributed by atoms with van der Waals surface area (Å²) in [4.78, 5) is 0. The van der Waals surface area contributed by atoms with Crippen molar-refractivity contribution < 1.29 is 18.0 Å². The fraction of sp³-hybridized carbons (Fsp3) is 0.739. The summed E-state index contributed by atoms with van der Waals surface area (Å²) in [5.41, 5.74) is 2.88. The van der Waals surface area contributed by atoms with Crippen molar-refractivity contribution in [3.05, 3.63) is 29.3 Å². The van der Waals surface area contributed by atoms with Crippen LogP contribution in [-0.2, 0) is 13.3 Å². The zero-order valence-electron chi connectivity index (χ0n) is 18.6. The van der Waals surface area contributed by atoms with Gasteiger partial charge in [0.2, 0.25) is 0 Å². The summed E-state index contributed by atoms with van der Waals surface area (Å²) in [6, 6.07) is 7.67. The predicted octanol–water partition coefficient (Wildman–Crippen LogP) is 6.28. The Morgan fingerprint density at radius 2 is 1.71 bits per heavy atom. The van der Waals surface area contributed by atoms with Crippen LogP contribution in [0.15, 0.2) is 18.2 Å². The van der Waals surface area contributed by atoms with Crippen molar-refractivity contribution in [2.24, 2.45) is 0 Å². The van der Waals surface area contributed by atoms with Crippen molar-refractivity contribution in [1.82, 2.24) is 0 Å². The molecular weight excluding hydrogens is 368 g/mol. The molecule has 1 aromatic carbocycles. The molecule has 1 aliphatic carbocycles. The highest BCUT2D eigenvalue weighted by atomic mass is 28.4. The third-order valence-electron chi connectivity index (χ3n) is 6.19. The first-order chi connectivity index (χ1) is 13.6. The van der Waals surface area contributed by atoms with Gasteiger partial charge in [0.25, 0.3) is 0 Å². The summed E-state index contributed by atoms with van der Waals surface area (Å²) >= 11 is 0. The molecule has 1 fully saturated rings. The van der Waals surface area contributed by atoms with Gasteiger partial charge in [-0.15, -0.1) is 0 Å². The topological polar surface area (TPSA) is 36.9 Å². The molecule has 0 spiro atoms. The Balaban J connectivity index is 2.07. The van der Waals surface area contributed by atoms with Gasteiger partial charge in [-0.2, -0.15) is 0 Å². The zero-order valence-corrected chi connectivity index (χ0v) is 19.6. The molecule has 0 amide bonds. The van der Waals surface area contributed by atoms with Crippen molar-refractivity contribution in [3.8, 4) is 5.75 Å². The first kappa shape index (κ1) is 23.4. The Morgan fingerprint density at radius 3 is 2.32 bits per heavy atom. The first-order valence-corrected chi connectivity index (χ1v) is 12.9. The van der Waals surface area contributed by atoms with Gasteiger partial charge in [-0.25, -0.2) is 0 Å². The lowest BCUT2D eigenvalue weighted by Crippen LogP contribution is -2.42. The second-order valence-corrected chi connectivity index (χ2v) is 11.2. The molecule has 0 saturated heterocycles. The van der Waals surface area contributed by atoms with E-state index in [-0.39, 0.29) is 0 Å². The molecule has 28 heavy (non-hydrogen) atoms. The normalized spacial score (nSPS) is 16.9. The monoisotopic (exact) mass is 408 g/mol. The van der Waals surface area contributed by atoms with Crippen molar-refractivity contribution in [2.45, 2.75) is 83.1 Å². The maximum atomic E-state index is 6.27. The summed E-state index contributed by atoms with van der Waals surface area (Å²) in [5.74, 6) is 2.32. The van der Waals surface area contributed by atoms with Gasteiger partial charge in [0.15, 0.2) is 0 Å². The highest BCUT2D eigenvalue weighted by Gasteiger charge is 2.37. The molecule has 1 aromatic rings. The number of hydrogen-bond donors (Lipinski definition) is 0. The Kier molecular flexibility index (Phi) is 9.99. The number of rotatable bonds is 12. The summed E-state index contributed by atoms with van der Waals surface area (Å²) in [6.07, 6.45) is 9.94. The van der Waals surface area contributed by atoms with Crippen LogP contribution < -0.4 is 4.74 Å². The predicted molar refractivity (Wildman–Crippen MR) is 117 cm³/mol. The molecule has 4 nitrogen and oxygen atoms in total. The molecule has 1 aliphatic rings. The fourth-order valence-electron chi connectivity index (χ4n) is 4.36. The van der Waals surface area contributed by atoms with E-state index in [1.54, 1.807) is 21.3 Å². The molecule has 160 valence electrons. The molecule has 1 saturated carbocycles. The van der Waals surface area contributed by atoms with E-state index in [2.05, 4.69) is 32.0 Å². The van der Waals surface area contributed by atoms with Crippen LogP contribution in [0.3, 0.4) is 0 Å². The largest absolute Gasteiger partial charge is 0.500 e. The van der Waals surface area contributed by atoms with Crippen LogP contribution in [0.2, 0.25) is 6.04 Å². The second kappa shape index (κ2) is 12.0. The number of ether oxygens (including phenoxy) is 1. The third kappa shape index (κ3) is 6.31. The van der Waals surface area contributed by atoms with E-state index >= 15 is 0 Å². The van der Waals surface area contributed by atoms with Crippen LogP contribution >= 0.6 is 0 Å². The van der Waals surface area contributed by atoms with Crippen LogP contribution in [0.5, 0.6) is 5.75 Å². The molecular formula is C23H40O4Si. The minimum Gasteiger partial charge on any atom is -0.493 e. The van der Waals surface area contributed by atoms with Gasteiger partial charge in [-0.05, 0) is 54.7 Å². The Hall–Kier alpha value is -0.883. The third-order valence-corrected chi connectivity index (χ3v) is 9.02. The maximum Gasteiger partial charge on any atom is 0.500 e. The standard InChI is InChI=1S/C23H40O4Si/c1-6-11-19(2)21-14-15-23(22(18-21)20-12-8-7-9-13-20)27-16-10-17-28(24-3,25-4)26-5/h14-15,18-20H,6-13,16-17H2,1-5H3. The Bertz CT molecular complexity index is 559. The highest BCUT2D eigenvalue weighted by molar-refractivity contribution is 6.60. The van der Waals surface area contributed by atoms with Crippen molar-refractivity contribution in [1.29, 1.82) is 0 Å². The van der Waals surface area contributed by atoms with Crippen molar-refractivity contribution >= 4 is 8.80 Å². The van der Waals surface area contributed by atoms with Crippen LogP contribution in [0.1, 0.15) is 88.2 Å². The second-order valence-electron chi connectivity index (χ2n) is 8.07. The first-order valence-electron chi connectivity index (χ1n) is 11.0. The summed E-state index contributed by atoms with van der Waals surface area (Å²) in [7, 11) is 2.48. The summed E-state index contributed by atoms with van der Waals surface area (Å²) < 4.78 is 22.8. The molecule has 0 bridgehead atoms. The molecule has 0 radical (unpaired) electrons. The highest BCUT2D eigenvalue weighted by Crippen LogP contribution is 2.39. The molecule has 0 heterocycles. The van der Waals surface area contributed by atoms with E-state index in [4.69, 9.17) is 18.0 Å². The van der Waals surface area contributed by atoms with E-state index in [9.17, 15) is 0 Å². The van der Waals surface area contributed by atoms with E-state index in [0.29, 0.717) is 18.4 Å². The average Bonchev–Trinajstić information content (AvgIpc) is 2.75. The van der Waals surface area contributed by atoms with Crippen molar-refractivity contribution in [3.63, 3.8) is 0 Å². The Labute approximate surface area is 173 Å². The summed E-state index contributed by atoms with van der Waals surface area (Å²) in [5, 5.41) is 0. The SMILES string of the molecule is CCCC(C)c1ccc(OCCC[Si](OC)(OC)OC)c(C2CCCCC2)c1. The molecule has 0 N–H and O–H groups in total.